The summed E-state index contributed by atoms with van der Waals surface area (Å²) in [5, 5.41) is 3.51. The van der Waals surface area contributed by atoms with Crippen LogP contribution in [-0.2, 0) is 0 Å². The van der Waals surface area contributed by atoms with Crippen LogP contribution in [0.5, 0.6) is 0 Å². The van der Waals surface area contributed by atoms with Gasteiger partial charge < -0.3 is 10.2 Å². The minimum atomic E-state index is 0.0312. The third-order valence-electron chi connectivity index (χ3n) is 4.12. The summed E-state index contributed by atoms with van der Waals surface area (Å²) in [6.07, 6.45) is 7.83. The van der Waals surface area contributed by atoms with Crippen molar-refractivity contribution in [2.24, 2.45) is 0 Å². The first-order valence-corrected chi connectivity index (χ1v) is 7.09. The molecular weight excluding hydrogens is 240 g/mol. The van der Waals surface area contributed by atoms with Gasteiger partial charge >= 0.3 is 0 Å². The number of nitrogens with one attached hydrogen (secondary N) is 1. The van der Waals surface area contributed by atoms with Gasteiger partial charge in [-0.1, -0.05) is 0 Å². The number of aromatic nitrogens is 2. The predicted molar refractivity (Wildman–Crippen MR) is 71.9 cm³/mol. The maximum Gasteiger partial charge on any atom is 0.274 e. The summed E-state index contributed by atoms with van der Waals surface area (Å²) in [4.78, 5) is 22.9. The van der Waals surface area contributed by atoms with Gasteiger partial charge in [0.2, 0.25) is 0 Å². The molecule has 5 heteroatoms. The van der Waals surface area contributed by atoms with E-state index in [4.69, 9.17) is 0 Å². The molecule has 2 atom stereocenters. The highest BCUT2D eigenvalue weighted by Gasteiger charge is 2.36. The van der Waals surface area contributed by atoms with Crippen LogP contribution < -0.4 is 5.32 Å². The molecule has 0 spiro atoms. The molecule has 2 saturated heterocycles. The van der Waals surface area contributed by atoms with Crippen LogP contribution in [0.4, 0.5) is 0 Å². The lowest BCUT2D eigenvalue weighted by Gasteiger charge is -2.29. The molecule has 3 heterocycles. The van der Waals surface area contributed by atoms with Gasteiger partial charge in [-0.05, 0) is 39.2 Å². The van der Waals surface area contributed by atoms with Crippen molar-refractivity contribution >= 4 is 5.91 Å². The summed E-state index contributed by atoms with van der Waals surface area (Å²) in [6.45, 7) is 3.80. The van der Waals surface area contributed by atoms with Gasteiger partial charge in [0.15, 0.2) is 0 Å². The maximum atomic E-state index is 12.5. The maximum absolute atomic E-state index is 12.5. The summed E-state index contributed by atoms with van der Waals surface area (Å²) >= 11 is 0. The van der Waals surface area contributed by atoms with Crippen molar-refractivity contribution in [1.29, 1.82) is 0 Å². The SMILES string of the molecule is Cc1cnc(C(=O)N2CCCC2C2CCCN2)cn1. The molecule has 0 bridgehead atoms. The molecule has 5 nitrogen and oxygen atoms in total. The molecule has 0 aliphatic carbocycles. The molecule has 19 heavy (non-hydrogen) atoms. The van der Waals surface area contributed by atoms with E-state index in [9.17, 15) is 4.79 Å². The van der Waals surface area contributed by atoms with Gasteiger partial charge in [-0.25, -0.2) is 4.98 Å². The predicted octanol–water partition coefficient (Wildman–Crippen LogP) is 1.14. The second kappa shape index (κ2) is 5.25. The Kier molecular flexibility index (Phi) is 3.46. The molecule has 1 aromatic rings. The topological polar surface area (TPSA) is 58.1 Å². The fourth-order valence-corrected chi connectivity index (χ4v) is 3.15. The Labute approximate surface area is 113 Å². The van der Waals surface area contributed by atoms with E-state index in [0.717, 1.165) is 31.6 Å². The van der Waals surface area contributed by atoms with Gasteiger partial charge in [0.1, 0.15) is 5.69 Å². The number of nitrogens with zero attached hydrogens (tertiary/aromatic N) is 3. The van der Waals surface area contributed by atoms with Crippen molar-refractivity contribution in [2.45, 2.75) is 44.7 Å². The highest BCUT2D eigenvalue weighted by atomic mass is 16.2. The normalized spacial score (nSPS) is 26.9. The molecule has 0 aromatic carbocycles. The van der Waals surface area contributed by atoms with Crippen molar-refractivity contribution in [1.82, 2.24) is 20.2 Å². The Balaban J connectivity index is 1.76. The first-order chi connectivity index (χ1) is 9.25. The zero-order valence-corrected chi connectivity index (χ0v) is 11.3. The number of likely N-dealkylation sites (tertiary alicyclic amines) is 1. The van der Waals surface area contributed by atoms with Crippen LogP contribution >= 0.6 is 0 Å². The molecule has 3 rings (SSSR count). The first-order valence-electron chi connectivity index (χ1n) is 7.09. The highest BCUT2D eigenvalue weighted by molar-refractivity contribution is 5.92. The van der Waals surface area contributed by atoms with E-state index < -0.39 is 0 Å². The molecule has 0 saturated carbocycles. The average Bonchev–Trinajstić information content (AvgIpc) is 3.09. The van der Waals surface area contributed by atoms with Crippen molar-refractivity contribution in [2.75, 3.05) is 13.1 Å². The zero-order chi connectivity index (χ0) is 13.2. The van der Waals surface area contributed by atoms with E-state index >= 15 is 0 Å². The summed E-state index contributed by atoms with van der Waals surface area (Å²) in [6, 6.07) is 0.794. The lowest BCUT2D eigenvalue weighted by atomic mass is 10.0. The number of hydrogen-bond acceptors (Lipinski definition) is 4. The van der Waals surface area contributed by atoms with E-state index in [2.05, 4.69) is 15.3 Å². The Morgan fingerprint density at radius 1 is 1.32 bits per heavy atom. The van der Waals surface area contributed by atoms with Gasteiger partial charge in [0, 0.05) is 24.8 Å². The van der Waals surface area contributed by atoms with Gasteiger partial charge in [-0.2, -0.15) is 0 Å². The minimum Gasteiger partial charge on any atom is -0.333 e. The minimum absolute atomic E-state index is 0.0312. The lowest BCUT2D eigenvalue weighted by molar-refractivity contribution is 0.0705. The Morgan fingerprint density at radius 2 is 2.21 bits per heavy atom. The van der Waals surface area contributed by atoms with Crippen LogP contribution in [0.2, 0.25) is 0 Å². The summed E-state index contributed by atoms with van der Waals surface area (Å²) in [7, 11) is 0. The molecule has 2 unspecified atom stereocenters. The number of hydrogen-bond donors (Lipinski definition) is 1. The van der Waals surface area contributed by atoms with Crippen molar-refractivity contribution in [3.63, 3.8) is 0 Å². The second-order valence-corrected chi connectivity index (χ2v) is 5.45. The van der Waals surface area contributed by atoms with Crippen LogP contribution in [0.15, 0.2) is 12.4 Å². The molecule has 102 valence electrons. The van der Waals surface area contributed by atoms with Crippen LogP contribution in [0.25, 0.3) is 0 Å². The van der Waals surface area contributed by atoms with E-state index in [1.165, 1.54) is 12.8 Å². The average molecular weight is 260 g/mol. The zero-order valence-electron chi connectivity index (χ0n) is 11.3. The van der Waals surface area contributed by atoms with Crippen LogP contribution in [-0.4, -0.2) is 45.9 Å². The molecule has 1 N–H and O–H groups in total. The molecule has 2 aliphatic heterocycles. The lowest BCUT2D eigenvalue weighted by Crippen LogP contribution is -2.46. The fourth-order valence-electron chi connectivity index (χ4n) is 3.15. The van der Waals surface area contributed by atoms with Crippen molar-refractivity contribution < 1.29 is 4.79 Å². The van der Waals surface area contributed by atoms with E-state index in [0.29, 0.717) is 17.8 Å². The summed E-state index contributed by atoms with van der Waals surface area (Å²) < 4.78 is 0. The van der Waals surface area contributed by atoms with E-state index in [1.807, 2.05) is 11.8 Å². The van der Waals surface area contributed by atoms with Gasteiger partial charge in [-0.3, -0.25) is 9.78 Å². The van der Waals surface area contributed by atoms with Crippen LogP contribution in [0.3, 0.4) is 0 Å². The third-order valence-corrected chi connectivity index (χ3v) is 4.12. The molecule has 1 amide bonds. The number of amides is 1. The first kappa shape index (κ1) is 12.5. The van der Waals surface area contributed by atoms with E-state index in [1.54, 1.807) is 12.4 Å². The van der Waals surface area contributed by atoms with Crippen LogP contribution in [0.1, 0.15) is 41.9 Å². The standard InChI is InChI=1S/C14H20N4O/c1-10-8-17-12(9-16-10)14(19)18-7-3-5-13(18)11-4-2-6-15-11/h8-9,11,13,15H,2-7H2,1H3. The number of rotatable bonds is 2. The fraction of sp³-hybridized carbons (Fsp3) is 0.643. The molecule has 1 aromatic heterocycles. The number of carbonyl (C=O) groups is 1. The monoisotopic (exact) mass is 260 g/mol. The smallest absolute Gasteiger partial charge is 0.274 e. The number of aryl methyl sites for hydroxylation is 1. The van der Waals surface area contributed by atoms with Gasteiger partial charge in [-0.15, -0.1) is 0 Å². The largest absolute Gasteiger partial charge is 0.333 e. The molecule has 0 radical (unpaired) electrons. The van der Waals surface area contributed by atoms with Gasteiger partial charge in [0.05, 0.1) is 11.9 Å². The van der Waals surface area contributed by atoms with Crippen molar-refractivity contribution in [3.8, 4) is 0 Å². The Morgan fingerprint density at radius 3 is 2.89 bits per heavy atom. The molecule has 2 fully saturated rings. The summed E-state index contributed by atoms with van der Waals surface area (Å²) in [5.41, 5.74) is 1.31. The quantitative estimate of drug-likeness (QED) is 0.866. The number of carbonyl (C=O) groups excluding carboxylic acids is 1. The molecular formula is C14H20N4O. The molecule has 2 aliphatic rings. The van der Waals surface area contributed by atoms with E-state index in [-0.39, 0.29) is 5.91 Å². The third kappa shape index (κ3) is 2.47. The Hall–Kier alpha value is -1.49. The van der Waals surface area contributed by atoms with Gasteiger partial charge in [0.25, 0.3) is 5.91 Å². The Bertz CT molecular complexity index is 453. The summed E-state index contributed by atoms with van der Waals surface area (Å²) in [5.74, 6) is 0.0312. The van der Waals surface area contributed by atoms with Crippen molar-refractivity contribution in [3.05, 3.63) is 23.8 Å². The van der Waals surface area contributed by atoms with Crippen LogP contribution in [0, 0.1) is 6.92 Å². The second-order valence-electron chi connectivity index (χ2n) is 5.45. The highest BCUT2D eigenvalue weighted by Crippen LogP contribution is 2.25.